The summed E-state index contributed by atoms with van der Waals surface area (Å²) in [6.45, 7) is 0.423. The second-order valence-corrected chi connectivity index (χ2v) is 8.00. The number of carbonyl (C=O) groups excluding carboxylic acids is 1. The van der Waals surface area contributed by atoms with Crippen molar-refractivity contribution >= 4 is 6.16 Å². The lowest BCUT2D eigenvalue weighted by Gasteiger charge is -2.47. The fourth-order valence-corrected chi connectivity index (χ4v) is 4.36. The molecule has 0 aromatic heterocycles. The van der Waals surface area contributed by atoms with Crippen LogP contribution in [0, 0.1) is 11.1 Å². The van der Waals surface area contributed by atoms with Gasteiger partial charge in [0.05, 0.1) is 0 Å². The summed E-state index contributed by atoms with van der Waals surface area (Å²) in [6, 6.07) is 9.90. The van der Waals surface area contributed by atoms with Crippen LogP contribution >= 0.6 is 0 Å². The molecule has 0 saturated heterocycles. The highest BCUT2D eigenvalue weighted by molar-refractivity contribution is 5.60. The van der Waals surface area contributed by atoms with Crippen molar-refractivity contribution in [1.82, 2.24) is 5.06 Å². The molecule has 0 spiro atoms. The van der Waals surface area contributed by atoms with E-state index in [-0.39, 0.29) is 25.3 Å². The number of allylic oxidation sites excluding steroid dienone is 1. The third-order valence-corrected chi connectivity index (χ3v) is 5.89. The molecular weight excluding hydrogens is 354 g/mol. The van der Waals surface area contributed by atoms with Gasteiger partial charge in [0.25, 0.3) is 0 Å². The maximum absolute atomic E-state index is 12.7. The van der Waals surface area contributed by atoms with Gasteiger partial charge in [-0.1, -0.05) is 68.2 Å². The molecule has 1 aromatic rings. The van der Waals surface area contributed by atoms with E-state index in [0.29, 0.717) is 5.92 Å². The summed E-state index contributed by atoms with van der Waals surface area (Å²) in [5.41, 5.74) is 0.934. The Bertz CT molecular complexity index is 612. The van der Waals surface area contributed by atoms with E-state index in [1.54, 1.807) is 0 Å². The van der Waals surface area contributed by atoms with Crippen molar-refractivity contribution in [3.8, 4) is 0 Å². The molecule has 2 unspecified atom stereocenters. The minimum atomic E-state index is -0.655. The molecule has 0 N–H and O–H groups in total. The zero-order valence-corrected chi connectivity index (χ0v) is 16.6. The Morgan fingerprint density at radius 3 is 2.54 bits per heavy atom. The number of nitrogens with zero attached hydrogens (tertiary/aromatic N) is 1. The number of hydrogen-bond donors (Lipinski definition) is 0. The molecule has 2 aliphatic carbocycles. The Kier molecular flexibility index (Phi) is 8.37. The van der Waals surface area contributed by atoms with Crippen LogP contribution in [0.2, 0.25) is 0 Å². The van der Waals surface area contributed by atoms with Gasteiger partial charge in [-0.15, -0.1) is 0 Å². The lowest BCUT2D eigenvalue weighted by Crippen LogP contribution is -2.42. The van der Waals surface area contributed by atoms with E-state index in [4.69, 9.17) is 9.47 Å². The van der Waals surface area contributed by atoms with E-state index < -0.39 is 6.16 Å². The quantitative estimate of drug-likeness (QED) is 0.347. The number of rotatable bonds is 7. The number of benzene rings is 1. The molecule has 1 aromatic carbocycles. The Labute approximate surface area is 168 Å². The Balaban J connectivity index is 1.35. The zero-order valence-electron chi connectivity index (χ0n) is 16.6. The van der Waals surface area contributed by atoms with Crippen LogP contribution < -0.4 is 0 Å². The van der Waals surface area contributed by atoms with Crippen LogP contribution in [0.25, 0.3) is 0 Å². The number of ether oxygens (including phenoxy) is 2. The van der Waals surface area contributed by atoms with Gasteiger partial charge in [-0.2, -0.15) is 0 Å². The van der Waals surface area contributed by atoms with Crippen molar-refractivity contribution in [2.75, 3.05) is 6.61 Å². The van der Waals surface area contributed by atoms with Gasteiger partial charge in [-0.3, -0.25) is 0 Å². The van der Waals surface area contributed by atoms with Gasteiger partial charge in [-0.25, -0.2) is 4.79 Å². The summed E-state index contributed by atoms with van der Waals surface area (Å²) >= 11 is 0. The highest BCUT2D eigenvalue weighted by Gasteiger charge is 2.25. The largest absolute Gasteiger partial charge is 0.785 e. The topological polar surface area (TPSA) is 61.8 Å². The molecule has 0 radical (unpaired) electrons. The van der Waals surface area contributed by atoms with Gasteiger partial charge < -0.3 is 19.7 Å². The number of hydroxylamine groups is 2. The fraction of sp³-hybridized carbons (Fsp3) is 0.609. The molecule has 28 heavy (non-hydrogen) atoms. The van der Waals surface area contributed by atoms with Crippen molar-refractivity contribution < 1.29 is 14.3 Å². The molecule has 5 heteroatoms. The zero-order chi connectivity index (χ0) is 19.6. The molecule has 0 aliphatic heterocycles. The summed E-state index contributed by atoms with van der Waals surface area (Å²) in [7, 11) is 0. The molecule has 2 saturated carbocycles. The first-order valence-electron chi connectivity index (χ1n) is 10.7. The average Bonchev–Trinajstić information content (AvgIpc) is 2.76. The SMILES string of the molecule is O=C(OC/C=C/C1CCCC(N([O-])C2CCCCC2)C1)OCc1ccccc1. The number of carbonyl (C=O) groups is 1. The minimum Gasteiger partial charge on any atom is -0.785 e. The molecule has 5 nitrogen and oxygen atoms in total. The van der Waals surface area contributed by atoms with Crippen LogP contribution in [-0.4, -0.2) is 29.9 Å². The van der Waals surface area contributed by atoms with Crippen molar-refractivity contribution in [2.45, 2.75) is 76.5 Å². The maximum atomic E-state index is 12.7. The molecule has 2 aliphatic rings. The van der Waals surface area contributed by atoms with Gasteiger partial charge in [-0.05, 0) is 55.7 Å². The summed E-state index contributed by atoms with van der Waals surface area (Å²) < 4.78 is 10.2. The van der Waals surface area contributed by atoms with Gasteiger partial charge in [0.1, 0.15) is 13.2 Å². The van der Waals surface area contributed by atoms with Crippen molar-refractivity contribution in [3.05, 3.63) is 53.3 Å². The summed E-state index contributed by atoms with van der Waals surface area (Å²) in [6.07, 6.45) is 13.2. The van der Waals surface area contributed by atoms with Crippen LogP contribution in [0.5, 0.6) is 0 Å². The van der Waals surface area contributed by atoms with E-state index in [9.17, 15) is 10.0 Å². The monoisotopic (exact) mass is 386 g/mol. The lowest BCUT2D eigenvalue weighted by atomic mass is 9.84. The van der Waals surface area contributed by atoms with Crippen molar-refractivity contribution in [1.29, 1.82) is 0 Å². The van der Waals surface area contributed by atoms with E-state index in [2.05, 4.69) is 6.08 Å². The van der Waals surface area contributed by atoms with E-state index in [1.807, 2.05) is 36.4 Å². The average molecular weight is 387 g/mol. The predicted molar refractivity (Wildman–Crippen MR) is 110 cm³/mol. The van der Waals surface area contributed by atoms with Crippen LogP contribution in [0.3, 0.4) is 0 Å². The van der Waals surface area contributed by atoms with E-state index in [1.165, 1.54) is 24.3 Å². The second kappa shape index (κ2) is 11.2. The summed E-state index contributed by atoms with van der Waals surface area (Å²) in [4.78, 5) is 11.7. The Hall–Kier alpha value is -1.85. The van der Waals surface area contributed by atoms with Crippen LogP contribution in [-0.2, 0) is 16.1 Å². The Morgan fingerprint density at radius 1 is 1.00 bits per heavy atom. The first-order chi connectivity index (χ1) is 13.7. The standard InChI is InChI=1S/C23H32NO4/c25-23(28-18-20-9-3-1-4-10-20)27-16-8-12-19-11-7-15-22(17-19)24(26)21-13-5-2-6-14-21/h1,3-4,8-10,12,19,21-22H,2,5-7,11,13-18H2/q-1/b12-8+. The first-order valence-corrected chi connectivity index (χ1v) is 10.7. The van der Waals surface area contributed by atoms with Crippen LogP contribution in [0.15, 0.2) is 42.5 Å². The normalized spacial score (nSPS) is 23.8. The van der Waals surface area contributed by atoms with Crippen molar-refractivity contribution in [3.63, 3.8) is 0 Å². The number of hydrogen-bond acceptors (Lipinski definition) is 5. The minimum absolute atomic E-state index is 0.142. The van der Waals surface area contributed by atoms with Gasteiger partial charge in [0.15, 0.2) is 0 Å². The van der Waals surface area contributed by atoms with Gasteiger partial charge >= 0.3 is 6.16 Å². The lowest BCUT2D eigenvalue weighted by molar-refractivity contribution is 0.0575. The Morgan fingerprint density at radius 2 is 1.75 bits per heavy atom. The molecule has 3 rings (SSSR count). The first kappa shape index (κ1) is 20.9. The molecule has 154 valence electrons. The van der Waals surface area contributed by atoms with Gasteiger partial charge in [0.2, 0.25) is 0 Å². The third-order valence-electron chi connectivity index (χ3n) is 5.89. The molecular formula is C23H32NO4-. The molecule has 0 heterocycles. The molecule has 0 bridgehead atoms. The summed E-state index contributed by atoms with van der Waals surface area (Å²) in [5.74, 6) is 0.391. The summed E-state index contributed by atoms with van der Waals surface area (Å²) in [5, 5.41) is 14.1. The van der Waals surface area contributed by atoms with Crippen LogP contribution in [0.1, 0.15) is 63.4 Å². The highest BCUT2D eigenvalue weighted by atomic mass is 16.7. The van der Waals surface area contributed by atoms with Crippen LogP contribution in [0.4, 0.5) is 4.79 Å². The molecule has 2 fully saturated rings. The van der Waals surface area contributed by atoms with E-state index >= 15 is 0 Å². The predicted octanol–water partition coefficient (Wildman–Crippen LogP) is 5.59. The highest BCUT2D eigenvalue weighted by Crippen LogP contribution is 2.32. The second-order valence-electron chi connectivity index (χ2n) is 8.00. The van der Waals surface area contributed by atoms with Crippen molar-refractivity contribution in [2.24, 2.45) is 5.92 Å². The molecule has 2 atom stereocenters. The van der Waals surface area contributed by atoms with E-state index in [0.717, 1.165) is 44.1 Å². The smallest absolute Gasteiger partial charge is 0.508 e. The molecule has 0 amide bonds. The fourth-order valence-electron chi connectivity index (χ4n) is 4.36. The maximum Gasteiger partial charge on any atom is 0.508 e. The third kappa shape index (κ3) is 6.64. The van der Waals surface area contributed by atoms with Gasteiger partial charge in [0, 0.05) is 0 Å².